The average Bonchev–Trinajstić information content (AvgIpc) is 2.79. The zero-order valence-electron chi connectivity index (χ0n) is 9.54. The molecule has 0 aliphatic carbocycles. The van der Waals surface area contributed by atoms with Crippen molar-refractivity contribution in [1.82, 2.24) is 5.32 Å². The first-order valence-corrected chi connectivity index (χ1v) is 5.48. The number of rotatable bonds is 4. The normalized spacial score (nSPS) is 10.8. The van der Waals surface area contributed by atoms with Gasteiger partial charge in [-0.15, -0.1) is 0 Å². The van der Waals surface area contributed by atoms with Gasteiger partial charge in [0, 0.05) is 10.9 Å². The lowest BCUT2D eigenvalue weighted by Crippen LogP contribution is -2.18. The topological polar surface area (TPSA) is 51.5 Å². The fourth-order valence-electron chi connectivity index (χ4n) is 1.69. The molecule has 1 aromatic carbocycles. The predicted molar refractivity (Wildman–Crippen MR) is 66.0 cm³/mol. The summed E-state index contributed by atoms with van der Waals surface area (Å²) in [5, 5.41) is 3.88. The minimum atomic E-state index is -0.0844. The maximum absolute atomic E-state index is 11.9. The summed E-state index contributed by atoms with van der Waals surface area (Å²) < 4.78 is 10.5. The molecule has 1 N–H and O–H groups in total. The molecular formula is C12H12ClNO3. The molecule has 0 aliphatic heterocycles. The molecule has 0 radical (unpaired) electrons. The van der Waals surface area contributed by atoms with Gasteiger partial charge in [-0.3, -0.25) is 4.79 Å². The second kappa shape index (κ2) is 4.77. The molecular weight excluding hydrogens is 242 g/mol. The molecule has 0 aliphatic rings. The first-order valence-electron chi connectivity index (χ1n) is 5.10. The van der Waals surface area contributed by atoms with Crippen molar-refractivity contribution in [3.05, 3.63) is 29.0 Å². The van der Waals surface area contributed by atoms with E-state index in [1.807, 2.05) is 0 Å². The highest BCUT2D eigenvalue weighted by Crippen LogP contribution is 2.35. The molecule has 0 unspecified atom stereocenters. The van der Waals surface area contributed by atoms with Gasteiger partial charge in [-0.2, -0.15) is 0 Å². The van der Waals surface area contributed by atoms with Crippen LogP contribution in [0.1, 0.15) is 10.4 Å². The number of furan rings is 1. The number of carbonyl (C=O) groups is 1. The highest BCUT2D eigenvalue weighted by Gasteiger charge is 2.18. The third kappa shape index (κ3) is 2.01. The second-order valence-corrected chi connectivity index (χ2v) is 3.94. The summed E-state index contributed by atoms with van der Waals surface area (Å²) in [6.45, 7) is 0.228. The summed E-state index contributed by atoms with van der Waals surface area (Å²) in [6.07, 6.45) is 1.52. The average molecular weight is 254 g/mol. The highest BCUT2D eigenvalue weighted by molar-refractivity contribution is 6.39. The molecule has 5 heteroatoms. The summed E-state index contributed by atoms with van der Waals surface area (Å²) in [7, 11) is 3.23. The van der Waals surface area contributed by atoms with E-state index in [2.05, 4.69) is 5.32 Å². The Bertz CT molecular complexity index is 562. The molecule has 0 bridgehead atoms. The summed E-state index contributed by atoms with van der Waals surface area (Å²) in [5.74, 6) is 0.424. The van der Waals surface area contributed by atoms with Gasteiger partial charge >= 0.3 is 0 Å². The van der Waals surface area contributed by atoms with Crippen LogP contribution in [0.25, 0.3) is 11.0 Å². The van der Waals surface area contributed by atoms with E-state index in [0.29, 0.717) is 27.3 Å². The second-order valence-electron chi connectivity index (χ2n) is 3.56. The number of Topliss-reactive ketones (excluding diaryl/α,β-unsaturated/α-hetero) is 1. The number of halogens is 1. The van der Waals surface area contributed by atoms with Gasteiger partial charge in [0.15, 0.2) is 17.1 Å². The Labute approximate surface area is 103 Å². The van der Waals surface area contributed by atoms with Crippen LogP contribution in [0.3, 0.4) is 0 Å². The number of hydrogen-bond donors (Lipinski definition) is 1. The largest absolute Gasteiger partial charge is 0.493 e. The Morgan fingerprint density at radius 2 is 2.35 bits per heavy atom. The fourth-order valence-corrected chi connectivity index (χ4v) is 2.00. The predicted octanol–water partition coefficient (Wildman–Crippen LogP) is 2.50. The van der Waals surface area contributed by atoms with Crippen LogP contribution in [-0.4, -0.2) is 26.5 Å². The Kier molecular flexibility index (Phi) is 3.36. The van der Waals surface area contributed by atoms with Crippen molar-refractivity contribution in [2.24, 2.45) is 0 Å². The number of fused-ring (bicyclic) bond motifs is 1. The Hall–Kier alpha value is -1.52. The van der Waals surface area contributed by atoms with Gasteiger partial charge in [0.25, 0.3) is 0 Å². The van der Waals surface area contributed by atoms with E-state index >= 15 is 0 Å². The zero-order valence-corrected chi connectivity index (χ0v) is 10.3. The van der Waals surface area contributed by atoms with Crippen LogP contribution in [0.2, 0.25) is 5.02 Å². The molecule has 4 nitrogen and oxygen atoms in total. The molecule has 90 valence electrons. The maximum Gasteiger partial charge on any atom is 0.178 e. The van der Waals surface area contributed by atoms with Crippen molar-refractivity contribution in [2.45, 2.75) is 0 Å². The first-order chi connectivity index (χ1) is 8.19. The maximum atomic E-state index is 11.9. The Balaban J connectivity index is 2.63. The lowest BCUT2D eigenvalue weighted by atomic mass is 10.1. The van der Waals surface area contributed by atoms with Gasteiger partial charge < -0.3 is 14.5 Å². The molecule has 2 aromatic rings. The van der Waals surface area contributed by atoms with Gasteiger partial charge in [0.1, 0.15) is 0 Å². The molecule has 1 heterocycles. The Morgan fingerprint density at radius 1 is 1.59 bits per heavy atom. The number of methoxy groups -OCH3 is 1. The van der Waals surface area contributed by atoms with Crippen molar-refractivity contribution in [3.8, 4) is 5.75 Å². The monoisotopic (exact) mass is 253 g/mol. The van der Waals surface area contributed by atoms with Crippen LogP contribution in [0.4, 0.5) is 0 Å². The van der Waals surface area contributed by atoms with Crippen LogP contribution < -0.4 is 10.1 Å². The van der Waals surface area contributed by atoms with Gasteiger partial charge in [-0.1, -0.05) is 11.6 Å². The number of hydrogen-bond acceptors (Lipinski definition) is 4. The third-order valence-electron chi connectivity index (χ3n) is 2.50. The number of benzene rings is 1. The highest BCUT2D eigenvalue weighted by atomic mass is 35.5. The zero-order chi connectivity index (χ0) is 12.4. The number of likely N-dealkylation sites (N-methyl/N-ethyl adjacent to an activating group) is 1. The van der Waals surface area contributed by atoms with E-state index in [1.54, 1.807) is 19.2 Å². The number of ether oxygens (including phenoxy) is 1. The smallest absolute Gasteiger partial charge is 0.178 e. The van der Waals surface area contributed by atoms with E-state index in [1.165, 1.54) is 13.4 Å². The van der Waals surface area contributed by atoms with Crippen molar-refractivity contribution in [2.75, 3.05) is 20.7 Å². The Morgan fingerprint density at radius 3 is 3.00 bits per heavy atom. The van der Waals surface area contributed by atoms with Crippen molar-refractivity contribution < 1.29 is 13.9 Å². The molecule has 0 saturated heterocycles. The minimum absolute atomic E-state index is 0.0844. The quantitative estimate of drug-likeness (QED) is 0.851. The lowest BCUT2D eigenvalue weighted by molar-refractivity contribution is 0.0993. The SMILES string of the molecule is CNCC(=O)c1cc(OC)c2occc2c1Cl. The molecule has 17 heavy (non-hydrogen) atoms. The van der Waals surface area contributed by atoms with E-state index < -0.39 is 0 Å². The standard InChI is InChI=1S/C12H12ClNO3/c1-14-6-9(15)8-5-10(16-2)12-7(11(8)13)3-4-17-12/h3-5,14H,6H2,1-2H3. The van der Waals surface area contributed by atoms with E-state index in [-0.39, 0.29) is 12.3 Å². The number of nitrogens with one attached hydrogen (secondary N) is 1. The molecule has 0 fully saturated rings. The van der Waals surface area contributed by atoms with Crippen LogP contribution in [0, 0.1) is 0 Å². The molecule has 0 amide bonds. The lowest BCUT2D eigenvalue weighted by Gasteiger charge is -2.07. The van der Waals surface area contributed by atoms with Crippen molar-refractivity contribution in [3.63, 3.8) is 0 Å². The minimum Gasteiger partial charge on any atom is -0.493 e. The molecule has 2 rings (SSSR count). The van der Waals surface area contributed by atoms with Crippen molar-refractivity contribution in [1.29, 1.82) is 0 Å². The van der Waals surface area contributed by atoms with Crippen molar-refractivity contribution >= 4 is 28.4 Å². The third-order valence-corrected chi connectivity index (χ3v) is 2.90. The summed E-state index contributed by atoms with van der Waals surface area (Å²) >= 11 is 6.18. The number of carbonyl (C=O) groups excluding carboxylic acids is 1. The van der Waals surface area contributed by atoms with Gasteiger partial charge in [-0.25, -0.2) is 0 Å². The van der Waals surface area contributed by atoms with Gasteiger partial charge in [-0.05, 0) is 19.2 Å². The molecule has 0 spiro atoms. The molecule has 0 saturated carbocycles. The van der Waals surface area contributed by atoms with Gasteiger partial charge in [0.2, 0.25) is 0 Å². The molecule has 0 atom stereocenters. The number of ketones is 1. The summed E-state index contributed by atoms with van der Waals surface area (Å²) in [5.41, 5.74) is 0.991. The van der Waals surface area contributed by atoms with Crippen LogP contribution in [0.15, 0.2) is 22.8 Å². The summed E-state index contributed by atoms with van der Waals surface area (Å²) in [4.78, 5) is 11.9. The summed E-state index contributed by atoms with van der Waals surface area (Å²) in [6, 6.07) is 3.32. The fraction of sp³-hybridized carbons (Fsp3) is 0.250. The van der Waals surface area contributed by atoms with Crippen LogP contribution >= 0.6 is 11.6 Å². The first kappa shape index (κ1) is 12.0. The van der Waals surface area contributed by atoms with Crippen LogP contribution in [0.5, 0.6) is 5.75 Å². The van der Waals surface area contributed by atoms with E-state index in [9.17, 15) is 4.79 Å². The van der Waals surface area contributed by atoms with Crippen LogP contribution in [-0.2, 0) is 0 Å². The van der Waals surface area contributed by atoms with E-state index in [4.69, 9.17) is 20.8 Å². The van der Waals surface area contributed by atoms with E-state index in [0.717, 1.165) is 0 Å². The van der Waals surface area contributed by atoms with Gasteiger partial charge in [0.05, 0.1) is 24.9 Å². The molecule has 1 aromatic heterocycles.